The van der Waals surface area contributed by atoms with Crippen molar-refractivity contribution in [1.29, 1.82) is 0 Å². The van der Waals surface area contributed by atoms with Crippen LogP contribution in [0.5, 0.6) is 0 Å². The van der Waals surface area contributed by atoms with Gasteiger partial charge in [-0.2, -0.15) is 4.72 Å². The van der Waals surface area contributed by atoms with Crippen molar-refractivity contribution in [3.63, 3.8) is 0 Å². The zero-order valence-electron chi connectivity index (χ0n) is 8.99. The quantitative estimate of drug-likeness (QED) is 0.869. The lowest BCUT2D eigenvalue weighted by atomic mass is 10.2. The molecule has 0 saturated carbocycles. The lowest BCUT2D eigenvalue weighted by Crippen LogP contribution is -2.31. The summed E-state index contributed by atoms with van der Waals surface area (Å²) in [4.78, 5) is 0.203. The summed E-state index contributed by atoms with van der Waals surface area (Å²) < 4.78 is 26.8. The van der Waals surface area contributed by atoms with Gasteiger partial charge in [0.1, 0.15) is 0 Å². The van der Waals surface area contributed by atoms with Crippen LogP contribution in [0.2, 0.25) is 0 Å². The van der Waals surface area contributed by atoms with E-state index in [0.717, 1.165) is 5.56 Å². The Bertz CT molecular complexity index is 531. The van der Waals surface area contributed by atoms with Crippen molar-refractivity contribution in [2.75, 3.05) is 0 Å². The number of hydrogen-bond acceptors (Lipinski definition) is 2. The van der Waals surface area contributed by atoms with Crippen LogP contribution in [0.25, 0.3) is 0 Å². The summed E-state index contributed by atoms with van der Waals surface area (Å²) in [6.07, 6.45) is 5.14. The molecular weight excluding hydrogens is 290 g/mol. The highest BCUT2D eigenvalue weighted by molar-refractivity contribution is 9.10. The maximum Gasteiger partial charge on any atom is 0.242 e. The van der Waals surface area contributed by atoms with Gasteiger partial charge in [-0.05, 0) is 41.4 Å². The van der Waals surface area contributed by atoms with Crippen molar-refractivity contribution in [2.24, 2.45) is 0 Å². The third-order valence-electron chi connectivity index (χ3n) is 2.03. The average molecular weight is 302 g/mol. The van der Waals surface area contributed by atoms with E-state index >= 15 is 0 Å². The van der Waals surface area contributed by atoms with Gasteiger partial charge in [0.15, 0.2) is 0 Å². The molecule has 1 aromatic carbocycles. The Morgan fingerprint density at radius 1 is 1.50 bits per heavy atom. The monoisotopic (exact) mass is 301 g/mol. The second kappa shape index (κ2) is 5.00. The van der Waals surface area contributed by atoms with Gasteiger partial charge < -0.3 is 0 Å². The average Bonchev–Trinajstić information content (AvgIpc) is 2.21. The predicted octanol–water partition coefficient (Wildman–Crippen LogP) is 2.06. The number of halogens is 1. The zero-order chi connectivity index (χ0) is 12.3. The van der Waals surface area contributed by atoms with E-state index < -0.39 is 16.1 Å². The van der Waals surface area contributed by atoms with E-state index in [9.17, 15) is 8.42 Å². The highest BCUT2D eigenvalue weighted by atomic mass is 79.9. The van der Waals surface area contributed by atoms with E-state index in [1.807, 2.05) is 13.0 Å². The molecule has 1 rings (SSSR count). The van der Waals surface area contributed by atoms with Gasteiger partial charge in [-0.3, -0.25) is 0 Å². The summed E-state index contributed by atoms with van der Waals surface area (Å²) in [5.74, 6) is 2.32. The van der Waals surface area contributed by atoms with Gasteiger partial charge >= 0.3 is 0 Å². The Morgan fingerprint density at radius 3 is 2.69 bits per heavy atom. The predicted molar refractivity (Wildman–Crippen MR) is 67.5 cm³/mol. The van der Waals surface area contributed by atoms with E-state index in [4.69, 9.17) is 6.42 Å². The van der Waals surface area contributed by atoms with Gasteiger partial charge in [-0.25, -0.2) is 8.42 Å². The fourth-order valence-electron chi connectivity index (χ4n) is 1.16. The third kappa shape index (κ3) is 2.85. The molecule has 1 atom stereocenters. The van der Waals surface area contributed by atoms with Crippen LogP contribution < -0.4 is 4.72 Å². The van der Waals surface area contributed by atoms with Crippen LogP contribution in [-0.4, -0.2) is 14.5 Å². The van der Waals surface area contributed by atoms with Gasteiger partial charge in [0, 0.05) is 4.47 Å². The molecule has 16 heavy (non-hydrogen) atoms. The number of hydrogen-bond donors (Lipinski definition) is 1. The van der Waals surface area contributed by atoms with Crippen molar-refractivity contribution in [3.8, 4) is 12.3 Å². The number of nitrogens with one attached hydrogen (secondary N) is 1. The maximum atomic E-state index is 11.9. The van der Waals surface area contributed by atoms with Gasteiger partial charge in [0.2, 0.25) is 10.0 Å². The van der Waals surface area contributed by atoms with E-state index in [0.29, 0.717) is 4.47 Å². The van der Waals surface area contributed by atoms with Gasteiger partial charge in [0.25, 0.3) is 0 Å². The molecular formula is C11H12BrNO2S. The Labute approximate surface area is 104 Å². The lowest BCUT2D eigenvalue weighted by Gasteiger charge is -2.11. The number of terminal acetylenes is 1. The Morgan fingerprint density at radius 2 is 2.12 bits per heavy atom. The molecule has 0 amide bonds. The molecule has 3 nitrogen and oxygen atoms in total. The Kier molecular flexibility index (Phi) is 4.14. The lowest BCUT2D eigenvalue weighted by molar-refractivity contribution is 0.577. The van der Waals surface area contributed by atoms with Crippen LogP contribution in [0.4, 0.5) is 0 Å². The first-order valence-electron chi connectivity index (χ1n) is 4.62. The molecule has 5 heteroatoms. The second-order valence-corrected chi connectivity index (χ2v) is 5.87. The van der Waals surface area contributed by atoms with Crippen LogP contribution in [0, 0.1) is 19.3 Å². The molecule has 0 unspecified atom stereocenters. The van der Waals surface area contributed by atoms with Crippen molar-refractivity contribution < 1.29 is 8.42 Å². The highest BCUT2D eigenvalue weighted by Gasteiger charge is 2.19. The summed E-state index contributed by atoms with van der Waals surface area (Å²) >= 11 is 3.26. The van der Waals surface area contributed by atoms with Crippen LogP contribution >= 0.6 is 15.9 Å². The first-order chi connectivity index (χ1) is 7.38. The minimum absolute atomic E-state index is 0.203. The minimum atomic E-state index is -3.56. The second-order valence-electron chi connectivity index (χ2n) is 3.40. The largest absolute Gasteiger partial charge is 0.242 e. The molecule has 0 aromatic heterocycles. The molecule has 0 aliphatic carbocycles. The van der Waals surface area contributed by atoms with Crippen molar-refractivity contribution in [3.05, 3.63) is 28.2 Å². The van der Waals surface area contributed by atoms with E-state index in [-0.39, 0.29) is 4.90 Å². The molecule has 86 valence electrons. The number of aryl methyl sites for hydroxylation is 1. The van der Waals surface area contributed by atoms with E-state index in [2.05, 4.69) is 26.6 Å². The molecule has 1 N–H and O–H groups in total. The molecule has 0 saturated heterocycles. The zero-order valence-corrected chi connectivity index (χ0v) is 11.4. The van der Waals surface area contributed by atoms with E-state index in [1.54, 1.807) is 13.0 Å². The van der Waals surface area contributed by atoms with Gasteiger partial charge in [-0.1, -0.05) is 18.1 Å². The summed E-state index contributed by atoms with van der Waals surface area (Å²) in [5, 5.41) is 0. The third-order valence-corrected chi connectivity index (χ3v) is 4.93. The minimum Gasteiger partial charge on any atom is -0.207 e. The van der Waals surface area contributed by atoms with Crippen LogP contribution in [-0.2, 0) is 10.0 Å². The molecule has 0 fully saturated rings. The fourth-order valence-corrected chi connectivity index (χ4v) is 3.38. The maximum absolute atomic E-state index is 11.9. The smallest absolute Gasteiger partial charge is 0.207 e. The standard InChI is InChI=1S/C11H12BrNO2S/c1-4-9(3)13-16(14,15)10-7-5-6-8(2)11(10)12/h1,5-7,9,13H,2-3H3/t9-/m1/s1. The first kappa shape index (κ1) is 13.2. The molecule has 0 heterocycles. The SMILES string of the molecule is C#C[C@@H](C)NS(=O)(=O)c1cccc(C)c1Br. The Balaban J connectivity index is 3.19. The molecule has 0 spiro atoms. The van der Waals surface area contributed by atoms with Gasteiger partial charge in [-0.15, -0.1) is 6.42 Å². The first-order valence-corrected chi connectivity index (χ1v) is 6.89. The summed E-state index contributed by atoms with van der Waals surface area (Å²) in [6, 6.07) is 4.52. The van der Waals surface area contributed by atoms with Crippen LogP contribution in [0.15, 0.2) is 27.6 Å². The fraction of sp³-hybridized carbons (Fsp3) is 0.273. The number of benzene rings is 1. The number of sulfonamides is 1. The van der Waals surface area contributed by atoms with Crippen molar-refractivity contribution in [2.45, 2.75) is 24.8 Å². The normalized spacial score (nSPS) is 13.1. The molecule has 1 aromatic rings. The van der Waals surface area contributed by atoms with E-state index in [1.165, 1.54) is 6.07 Å². The summed E-state index contributed by atoms with van der Waals surface area (Å²) in [5.41, 5.74) is 0.858. The molecule has 0 bridgehead atoms. The molecule has 0 aliphatic heterocycles. The summed E-state index contributed by atoms with van der Waals surface area (Å²) in [7, 11) is -3.56. The van der Waals surface area contributed by atoms with Gasteiger partial charge in [0.05, 0.1) is 10.9 Å². The van der Waals surface area contributed by atoms with Crippen molar-refractivity contribution in [1.82, 2.24) is 4.72 Å². The molecule has 0 radical (unpaired) electrons. The number of rotatable bonds is 3. The summed E-state index contributed by atoms with van der Waals surface area (Å²) in [6.45, 7) is 3.44. The van der Waals surface area contributed by atoms with Crippen molar-refractivity contribution >= 4 is 26.0 Å². The van der Waals surface area contributed by atoms with Crippen LogP contribution in [0.3, 0.4) is 0 Å². The topological polar surface area (TPSA) is 46.2 Å². The Hall–Kier alpha value is -0.830. The van der Waals surface area contributed by atoms with Crippen LogP contribution in [0.1, 0.15) is 12.5 Å². The highest BCUT2D eigenvalue weighted by Crippen LogP contribution is 2.25. The molecule has 0 aliphatic rings.